The van der Waals surface area contributed by atoms with Gasteiger partial charge in [-0.1, -0.05) is 50.7 Å². The molecule has 1 fully saturated rings. The fraction of sp³-hybridized carbons (Fsp3) is 0.810. The number of aliphatic carboxylic acids is 1. The average molecular weight is 353 g/mol. The number of Topliss-reactive ketones (excluding diaryl/α,β-unsaturated/α-hetero) is 1. The Kier molecular flexibility index (Phi) is 10.7. The van der Waals surface area contributed by atoms with Crippen molar-refractivity contribution < 1.29 is 19.8 Å². The maximum atomic E-state index is 12.2. The lowest BCUT2D eigenvalue weighted by Crippen LogP contribution is -2.20. The van der Waals surface area contributed by atoms with Crippen LogP contribution in [0.3, 0.4) is 0 Å². The Morgan fingerprint density at radius 1 is 1.12 bits per heavy atom. The van der Waals surface area contributed by atoms with Gasteiger partial charge in [-0.05, 0) is 44.9 Å². The highest BCUT2D eigenvalue weighted by Gasteiger charge is 2.40. The van der Waals surface area contributed by atoms with Crippen LogP contribution in [-0.2, 0) is 9.59 Å². The third kappa shape index (κ3) is 8.66. The summed E-state index contributed by atoms with van der Waals surface area (Å²) in [6.07, 6.45) is 12.2. The molecule has 0 aromatic rings. The lowest BCUT2D eigenvalue weighted by molar-refractivity contribution is -0.137. The molecule has 0 aromatic heterocycles. The van der Waals surface area contributed by atoms with Crippen molar-refractivity contribution in [1.82, 2.24) is 0 Å². The fourth-order valence-electron chi connectivity index (χ4n) is 3.80. The van der Waals surface area contributed by atoms with Gasteiger partial charge in [-0.3, -0.25) is 9.59 Å². The number of allylic oxidation sites excluding steroid dienone is 2. The molecule has 0 saturated heterocycles. The van der Waals surface area contributed by atoms with Crippen molar-refractivity contribution in [2.45, 2.75) is 97.0 Å². The van der Waals surface area contributed by atoms with E-state index in [1.54, 1.807) is 0 Å². The number of hydrogen-bond acceptors (Lipinski definition) is 3. The number of hydrogen-bond donors (Lipinski definition) is 2. The smallest absolute Gasteiger partial charge is 0.303 e. The van der Waals surface area contributed by atoms with Crippen molar-refractivity contribution in [2.24, 2.45) is 11.8 Å². The molecule has 0 spiro atoms. The largest absolute Gasteiger partial charge is 0.481 e. The van der Waals surface area contributed by atoms with Gasteiger partial charge in [0.25, 0.3) is 0 Å². The van der Waals surface area contributed by atoms with Crippen LogP contribution >= 0.6 is 0 Å². The minimum absolute atomic E-state index is 0.0193. The molecule has 1 aliphatic rings. The summed E-state index contributed by atoms with van der Waals surface area (Å²) < 4.78 is 0. The molecule has 0 aliphatic heterocycles. The second-order valence-corrected chi connectivity index (χ2v) is 7.60. The fourth-order valence-corrected chi connectivity index (χ4v) is 3.80. The molecule has 1 rings (SSSR count). The van der Waals surface area contributed by atoms with Gasteiger partial charge >= 0.3 is 5.97 Å². The minimum atomic E-state index is -0.741. The Balaban J connectivity index is 2.38. The summed E-state index contributed by atoms with van der Waals surface area (Å²) in [6.45, 7) is 4.35. The van der Waals surface area contributed by atoms with E-state index in [1.165, 1.54) is 24.8 Å². The molecular formula is C21H36O4. The van der Waals surface area contributed by atoms with Gasteiger partial charge in [-0.2, -0.15) is 0 Å². The topological polar surface area (TPSA) is 74.6 Å². The van der Waals surface area contributed by atoms with Crippen LogP contribution in [0.4, 0.5) is 0 Å². The molecular weight excluding hydrogens is 316 g/mol. The van der Waals surface area contributed by atoms with Crippen LogP contribution in [-0.4, -0.2) is 28.1 Å². The number of carboxylic acid groups (broad SMARTS) is 1. The second kappa shape index (κ2) is 12.2. The highest BCUT2D eigenvalue weighted by Crippen LogP contribution is 2.36. The van der Waals surface area contributed by atoms with Crippen LogP contribution in [0.5, 0.6) is 0 Å². The standard InChI is InChI=1S/C21H36O4/c1-3-4-7-10-16(2)13-14-18-17(19(22)15-20(18)23)11-8-5-6-9-12-21(24)25/h13,17-18,20,23H,3-12,14-15H2,1-2H3,(H,24,25). The van der Waals surface area contributed by atoms with Gasteiger partial charge in [-0.25, -0.2) is 0 Å². The predicted octanol–water partition coefficient (Wildman–Crippen LogP) is 4.89. The average Bonchev–Trinajstić information content (AvgIpc) is 2.82. The van der Waals surface area contributed by atoms with E-state index in [1.807, 2.05) is 0 Å². The number of unbranched alkanes of at least 4 members (excludes halogenated alkanes) is 5. The summed E-state index contributed by atoms with van der Waals surface area (Å²) in [7, 11) is 0. The lowest BCUT2D eigenvalue weighted by Gasteiger charge is -2.20. The number of ketones is 1. The zero-order chi connectivity index (χ0) is 18.7. The van der Waals surface area contributed by atoms with Gasteiger partial charge in [0, 0.05) is 18.8 Å². The third-order valence-electron chi connectivity index (χ3n) is 5.40. The molecule has 4 heteroatoms. The van der Waals surface area contributed by atoms with Crippen LogP contribution in [0.2, 0.25) is 0 Å². The van der Waals surface area contributed by atoms with Crippen molar-refractivity contribution in [3.63, 3.8) is 0 Å². The van der Waals surface area contributed by atoms with E-state index >= 15 is 0 Å². The summed E-state index contributed by atoms with van der Waals surface area (Å²) in [6, 6.07) is 0. The van der Waals surface area contributed by atoms with E-state index in [0.29, 0.717) is 12.8 Å². The Morgan fingerprint density at radius 3 is 2.48 bits per heavy atom. The predicted molar refractivity (Wildman–Crippen MR) is 100 cm³/mol. The highest BCUT2D eigenvalue weighted by atomic mass is 16.4. The molecule has 3 atom stereocenters. The molecule has 1 saturated carbocycles. The first-order valence-electron chi connectivity index (χ1n) is 10.0. The second-order valence-electron chi connectivity index (χ2n) is 7.60. The summed E-state index contributed by atoms with van der Waals surface area (Å²) in [5.41, 5.74) is 1.37. The molecule has 0 radical (unpaired) electrons. The Bertz CT molecular complexity index is 441. The van der Waals surface area contributed by atoms with Gasteiger partial charge in [0.1, 0.15) is 5.78 Å². The number of aliphatic hydroxyl groups is 1. The molecule has 2 N–H and O–H groups in total. The molecule has 1 aliphatic carbocycles. The quantitative estimate of drug-likeness (QED) is 0.365. The molecule has 4 nitrogen and oxygen atoms in total. The first-order chi connectivity index (χ1) is 12.0. The molecule has 0 aromatic carbocycles. The molecule has 144 valence electrons. The molecule has 0 heterocycles. The number of carbonyl (C=O) groups is 2. The van der Waals surface area contributed by atoms with Crippen LogP contribution in [0.25, 0.3) is 0 Å². The van der Waals surface area contributed by atoms with Gasteiger partial charge in [-0.15, -0.1) is 0 Å². The number of aliphatic hydroxyl groups excluding tert-OH is 1. The van der Waals surface area contributed by atoms with E-state index in [4.69, 9.17) is 5.11 Å². The van der Waals surface area contributed by atoms with Crippen LogP contribution in [0.1, 0.15) is 90.9 Å². The molecule has 0 amide bonds. The maximum Gasteiger partial charge on any atom is 0.303 e. The Labute approximate surface area is 152 Å². The summed E-state index contributed by atoms with van der Waals surface area (Å²) >= 11 is 0. The van der Waals surface area contributed by atoms with Gasteiger partial charge in [0.15, 0.2) is 0 Å². The number of carbonyl (C=O) groups excluding carboxylic acids is 1. The Morgan fingerprint density at radius 2 is 1.80 bits per heavy atom. The zero-order valence-corrected chi connectivity index (χ0v) is 16.0. The highest BCUT2D eigenvalue weighted by molar-refractivity contribution is 5.84. The van der Waals surface area contributed by atoms with Crippen molar-refractivity contribution in [1.29, 1.82) is 0 Å². The molecule has 25 heavy (non-hydrogen) atoms. The molecule has 3 unspecified atom stereocenters. The van der Waals surface area contributed by atoms with Gasteiger partial charge in [0.2, 0.25) is 0 Å². The van der Waals surface area contributed by atoms with E-state index < -0.39 is 12.1 Å². The number of carboxylic acids is 1. The van der Waals surface area contributed by atoms with Crippen molar-refractivity contribution >= 4 is 11.8 Å². The van der Waals surface area contributed by atoms with Gasteiger partial charge in [0.05, 0.1) is 6.10 Å². The van der Waals surface area contributed by atoms with Crippen molar-refractivity contribution in [3.8, 4) is 0 Å². The van der Waals surface area contributed by atoms with Gasteiger partial charge < -0.3 is 10.2 Å². The first kappa shape index (κ1) is 21.9. The third-order valence-corrected chi connectivity index (χ3v) is 5.40. The van der Waals surface area contributed by atoms with Crippen molar-refractivity contribution in [2.75, 3.05) is 0 Å². The molecule has 0 bridgehead atoms. The minimum Gasteiger partial charge on any atom is -0.481 e. The summed E-state index contributed by atoms with van der Waals surface area (Å²) in [5, 5.41) is 18.9. The van der Waals surface area contributed by atoms with E-state index in [0.717, 1.165) is 38.5 Å². The SMILES string of the molecule is CCCCCC(C)=CCC1C(O)CC(=O)C1CCCCCCC(=O)O. The summed E-state index contributed by atoms with van der Waals surface area (Å²) in [4.78, 5) is 22.7. The normalized spacial score (nSPS) is 24.0. The zero-order valence-electron chi connectivity index (χ0n) is 16.0. The monoisotopic (exact) mass is 352 g/mol. The van der Waals surface area contributed by atoms with Crippen molar-refractivity contribution in [3.05, 3.63) is 11.6 Å². The van der Waals surface area contributed by atoms with Crippen LogP contribution < -0.4 is 0 Å². The van der Waals surface area contributed by atoms with Crippen LogP contribution in [0, 0.1) is 11.8 Å². The number of rotatable bonds is 13. The maximum absolute atomic E-state index is 12.2. The van der Waals surface area contributed by atoms with Crippen LogP contribution in [0.15, 0.2) is 11.6 Å². The first-order valence-corrected chi connectivity index (χ1v) is 10.0. The Hall–Kier alpha value is -1.16. The lowest BCUT2D eigenvalue weighted by atomic mass is 9.86. The van der Waals surface area contributed by atoms with E-state index in [-0.39, 0.29) is 24.0 Å². The van der Waals surface area contributed by atoms with E-state index in [2.05, 4.69) is 19.9 Å². The summed E-state index contributed by atoms with van der Waals surface area (Å²) in [5.74, 6) is -0.489. The van der Waals surface area contributed by atoms with E-state index in [9.17, 15) is 14.7 Å².